The molecule has 5 heteroatoms. The van der Waals surface area contributed by atoms with Crippen molar-refractivity contribution >= 4 is 11.9 Å². The van der Waals surface area contributed by atoms with E-state index in [1.165, 1.54) is 0 Å². The van der Waals surface area contributed by atoms with E-state index in [0.717, 1.165) is 0 Å². The number of likely N-dealkylation sites (N-methyl/N-ethyl adjacent to an activating group) is 1. The number of amides is 1. The normalized spacial score (nSPS) is 15.3. The minimum Gasteiger partial charge on any atom is -0.475 e. The van der Waals surface area contributed by atoms with Crippen molar-refractivity contribution in [3.8, 4) is 0 Å². The zero-order chi connectivity index (χ0) is 13.0. The van der Waals surface area contributed by atoms with Gasteiger partial charge in [0.1, 0.15) is 0 Å². The molecular formula is C11H23N2O3+. The summed E-state index contributed by atoms with van der Waals surface area (Å²) < 4.78 is 0.169. The van der Waals surface area contributed by atoms with E-state index in [1.54, 1.807) is 28.1 Å². The number of nitrogens with zero attached hydrogens (tertiary/aromatic N) is 1. The van der Waals surface area contributed by atoms with Gasteiger partial charge in [-0.25, -0.2) is 4.79 Å². The molecule has 0 aliphatic carbocycles. The number of carbonyl (C=O) groups excluding carboxylic acids is 1. The molecule has 94 valence electrons. The first-order valence-electron chi connectivity index (χ1n) is 5.57. The highest BCUT2D eigenvalue weighted by molar-refractivity contribution is 5.85. The van der Waals surface area contributed by atoms with Crippen LogP contribution in [-0.2, 0) is 9.59 Å². The molecule has 0 radical (unpaired) electrons. The fourth-order valence-corrected chi connectivity index (χ4v) is 1.69. The molecule has 5 nitrogen and oxygen atoms in total. The predicted octanol–water partition coefficient (Wildman–Crippen LogP) is 0.800. The van der Waals surface area contributed by atoms with Gasteiger partial charge in [-0.2, -0.15) is 0 Å². The zero-order valence-electron chi connectivity index (χ0n) is 10.8. The van der Waals surface area contributed by atoms with E-state index in [9.17, 15) is 14.7 Å². The molecule has 0 bridgehead atoms. The minimum atomic E-state index is -1.23. The monoisotopic (exact) mass is 231 g/mol. The number of aliphatic carboxylic acids is 1. The minimum absolute atomic E-state index is 0.169. The molecule has 1 unspecified atom stereocenters. The Balaban J connectivity index is 5.27. The van der Waals surface area contributed by atoms with Crippen LogP contribution in [-0.4, -0.2) is 48.3 Å². The van der Waals surface area contributed by atoms with Crippen LogP contribution in [0.4, 0.5) is 0 Å². The van der Waals surface area contributed by atoms with E-state index in [4.69, 9.17) is 0 Å². The quantitative estimate of drug-likeness (QED) is 0.525. The molecule has 2 N–H and O–H groups in total. The van der Waals surface area contributed by atoms with Crippen LogP contribution in [0.3, 0.4) is 0 Å². The zero-order valence-corrected chi connectivity index (χ0v) is 10.8. The lowest BCUT2D eigenvalue weighted by Gasteiger charge is -2.42. The van der Waals surface area contributed by atoms with Gasteiger partial charge >= 0.3 is 5.97 Å². The van der Waals surface area contributed by atoms with E-state index in [1.807, 2.05) is 6.92 Å². The first kappa shape index (κ1) is 14.9. The van der Waals surface area contributed by atoms with E-state index < -0.39 is 11.6 Å². The summed E-state index contributed by atoms with van der Waals surface area (Å²) in [6, 6.07) is 0. The molecule has 1 amide bonds. The van der Waals surface area contributed by atoms with Crippen LogP contribution in [0, 0.1) is 0 Å². The number of carboxylic acids is 1. The van der Waals surface area contributed by atoms with Gasteiger partial charge in [0.05, 0.1) is 21.1 Å². The predicted molar refractivity (Wildman–Crippen MR) is 61.7 cm³/mol. The molecule has 0 aliphatic heterocycles. The van der Waals surface area contributed by atoms with E-state index in [2.05, 4.69) is 5.32 Å². The van der Waals surface area contributed by atoms with E-state index in [0.29, 0.717) is 19.3 Å². The standard InChI is InChI=1S/C11H22N2O3/c1-6-8-11(10(15)16,13(3,4)5)12-9(14)7-2/h6-8H2,1-5H3,(H-,12,14,15,16)/p+1. The fraction of sp³-hybridized carbons (Fsp3) is 0.818. The number of hydrogen-bond acceptors (Lipinski definition) is 2. The summed E-state index contributed by atoms with van der Waals surface area (Å²) in [6.07, 6.45) is 1.40. The lowest BCUT2D eigenvalue weighted by atomic mass is 10.00. The molecule has 0 aliphatic rings. The van der Waals surface area contributed by atoms with Gasteiger partial charge in [0.25, 0.3) is 5.66 Å². The lowest BCUT2D eigenvalue weighted by molar-refractivity contribution is -0.917. The summed E-state index contributed by atoms with van der Waals surface area (Å²) in [7, 11) is 5.33. The first-order chi connectivity index (χ1) is 7.21. The van der Waals surface area contributed by atoms with Crippen molar-refractivity contribution < 1.29 is 19.2 Å². The van der Waals surface area contributed by atoms with Gasteiger partial charge in [-0.05, 0) is 6.42 Å². The van der Waals surface area contributed by atoms with E-state index in [-0.39, 0.29) is 10.4 Å². The molecular weight excluding hydrogens is 208 g/mol. The second kappa shape index (κ2) is 5.30. The van der Waals surface area contributed by atoms with Gasteiger partial charge in [-0.15, -0.1) is 0 Å². The molecule has 16 heavy (non-hydrogen) atoms. The largest absolute Gasteiger partial charge is 0.475 e. The molecule has 0 heterocycles. The molecule has 1 atom stereocenters. The van der Waals surface area contributed by atoms with Crippen molar-refractivity contribution in [3.63, 3.8) is 0 Å². The summed E-state index contributed by atoms with van der Waals surface area (Å²) >= 11 is 0. The van der Waals surface area contributed by atoms with Gasteiger partial charge < -0.3 is 5.11 Å². The van der Waals surface area contributed by atoms with Crippen molar-refractivity contribution in [1.29, 1.82) is 0 Å². The highest BCUT2D eigenvalue weighted by atomic mass is 16.4. The molecule has 0 aromatic rings. The third kappa shape index (κ3) is 2.95. The maximum atomic E-state index is 11.5. The topological polar surface area (TPSA) is 66.4 Å². The average molecular weight is 231 g/mol. The highest BCUT2D eigenvalue weighted by Crippen LogP contribution is 2.22. The van der Waals surface area contributed by atoms with Crippen molar-refractivity contribution in [2.75, 3.05) is 21.1 Å². The van der Waals surface area contributed by atoms with Gasteiger partial charge in [0.2, 0.25) is 5.91 Å². The number of carboxylic acid groups (broad SMARTS) is 1. The number of nitrogens with one attached hydrogen (secondary N) is 1. The summed E-state index contributed by atoms with van der Waals surface area (Å²) in [6.45, 7) is 3.62. The smallest absolute Gasteiger partial charge is 0.388 e. The molecule has 0 rings (SSSR count). The Morgan fingerprint density at radius 1 is 1.25 bits per heavy atom. The van der Waals surface area contributed by atoms with Gasteiger partial charge in [0.15, 0.2) is 0 Å². The molecule has 0 saturated carbocycles. The third-order valence-electron chi connectivity index (χ3n) is 2.78. The fourth-order valence-electron chi connectivity index (χ4n) is 1.69. The Bertz CT molecular complexity index is 271. The summed E-state index contributed by atoms with van der Waals surface area (Å²) in [5, 5.41) is 12.1. The number of hydrogen-bond donors (Lipinski definition) is 2. The van der Waals surface area contributed by atoms with Gasteiger partial charge in [-0.3, -0.25) is 14.6 Å². The number of quaternary nitrogens is 1. The van der Waals surface area contributed by atoms with Crippen LogP contribution < -0.4 is 5.32 Å². The Morgan fingerprint density at radius 3 is 2.00 bits per heavy atom. The lowest BCUT2D eigenvalue weighted by Crippen LogP contribution is -2.71. The second-order valence-electron chi connectivity index (χ2n) is 4.83. The maximum Gasteiger partial charge on any atom is 0.388 e. The highest BCUT2D eigenvalue weighted by Gasteiger charge is 2.51. The summed E-state index contributed by atoms with van der Waals surface area (Å²) in [5.41, 5.74) is -1.23. The molecule has 0 saturated heterocycles. The van der Waals surface area contributed by atoms with Crippen LogP contribution >= 0.6 is 0 Å². The van der Waals surface area contributed by atoms with Crippen molar-refractivity contribution in [2.45, 2.75) is 38.8 Å². The number of rotatable bonds is 6. The van der Waals surface area contributed by atoms with Crippen LogP contribution in [0.1, 0.15) is 33.1 Å². The third-order valence-corrected chi connectivity index (χ3v) is 2.78. The summed E-state index contributed by atoms with van der Waals surface area (Å²) in [4.78, 5) is 22.9. The van der Waals surface area contributed by atoms with Gasteiger partial charge in [-0.1, -0.05) is 13.8 Å². The number of carbonyl (C=O) groups is 2. The Hall–Kier alpha value is -1.10. The summed E-state index contributed by atoms with van der Waals surface area (Å²) in [5.74, 6) is -1.22. The van der Waals surface area contributed by atoms with Crippen LogP contribution in [0.2, 0.25) is 0 Å². The SMILES string of the molecule is CCCC(NC(=O)CC)(C(=O)O)[N+](C)(C)C. The Morgan fingerprint density at radius 2 is 1.75 bits per heavy atom. The van der Waals surface area contributed by atoms with Crippen LogP contribution in [0.25, 0.3) is 0 Å². The second-order valence-corrected chi connectivity index (χ2v) is 4.83. The van der Waals surface area contributed by atoms with Crippen molar-refractivity contribution in [3.05, 3.63) is 0 Å². The van der Waals surface area contributed by atoms with Crippen LogP contribution in [0.5, 0.6) is 0 Å². The first-order valence-corrected chi connectivity index (χ1v) is 5.57. The molecule has 0 fully saturated rings. The van der Waals surface area contributed by atoms with E-state index >= 15 is 0 Å². The van der Waals surface area contributed by atoms with Crippen molar-refractivity contribution in [1.82, 2.24) is 5.32 Å². The Labute approximate surface area is 97.0 Å². The Kier molecular flexibility index (Phi) is 4.93. The molecule has 0 aromatic carbocycles. The molecule has 0 aromatic heterocycles. The maximum absolute atomic E-state index is 11.5. The average Bonchev–Trinajstić information content (AvgIpc) is 2.14. The van der Waals surface area contributed by atoms with Gasteiger partial charge in [0, 0.05) is 12.8 Å². The molecule has 0 spiro atoms. The van der Waals surface area contributed by atoms with Crippen LogP contribution in [0.15, 0.2) is 0 Å². The van der Waals surface area contributed by atoms with Crippen molar-refractivity contribution in [2.24, 2.45) is 0 Å².